The molecule has 0 bridgehead atoms. The molecule has 1 fully saturated rings. The molecule has 0 aliphatic carbocycles. The number of carbonyl (C=O) groups is 2. The third kappa shape index (κ3) is 4.20. The molecule has 1 aromatic heterocycles. The van der Waals surface area contributed by atoms with E-state index in [9.17, 15) is 9.59 Å². The zero-order chi connectivity index (χ0) is 18.7. The molecular weight excluding hydrogens is 377 g/mol. The highest BCUT2D eigenvalue weighted by Gasteiger charge is 2.28. The second-order valence-corrected chi connectivity index (χ2v) is 6.94. The number of nitrogens with zero attached hydrogens (tertiary/aromatic N) is 2. The van der Waals surface area contributed by atoms with Crippen molar-refractivity contribution in [1.29, 1.82) is 0 Å². The van der Waals surface area contributed by atoms with Crippen LogP contribution in [0.2, 0.25) is 10.0 Å². The molecule has 1 aliphatic heterocycles. The molecule has 2 aromatic rings. The predicted molar refractivity (Wildman–Crippen MR) is 101 cm³/mol. The Morgan fingerprint density at radius 1 is 1.15 bits per heavy atom. The molecule has 1 atom stereocenters. The molecule has 0 spiro atoms. The molecule has 1 N–H and O–H groups in total. The first-order valence-electron chi connectivity index (χ1n) is 8.28. The standard InChI is InChI=1S/C18H19Cl2N3O3/c1-12(17(24)21-15-11-13(19)4-5-14(15)20)22-6-8-23(9-7-22)18(25)16-3-2-10-26-16/h2-5,10-12H,6-9H2,1H3,(H,21,24)/t12-/m1/s1. The average molecular weight is 396 g/mol. The van der Waals surface area contributed by atoms with Gasteiger partial charge in [-0.3, -0.25) is 14.5 Å². The highest BCUT2D eigenvalue weighted by atomic mass is 35.5. The van der Waals surface area contributed by atoms with Gasteiger partial charge in [0.2, 0.25) is 5.91 Å². The van der Waals surface area contributed by atoms with Gasteiger partial charge in [-0.05, 0) is 37.3 Å². The molecule has 0 unspecified atom stereocenters. The number of hydrogen-bond acceptors (Lipinski definition) is 4. The van der Waals surface area contributed by atoms with Crippen LogP contribution >= 0.6 is 23.2 Å². The van der Waals surface area contributed by atoms with E-state index < -0.39 is 0 Å². The van der Waals surface area contributed by atoms with Crippen LogP contribution in [0.3, 0.4) is 0 Å². The predicted octanol–water partition coefficient (Wildman–Crippen LogP) is 3.37. The number of carbonyl (C=O) groups excluding carboxylic acids is 2. The summed E-state index contributed by atoms with van der Waals surface area (Å²) >= 11 is 12.0. The number of rotatable bonds is 4. The number of furan rings is 1. The monoisotopic (exact) mass is 395 g/mol. The van der Waals surface area contributed by atoms with Crippen LogP contribution in [0.5, 0.6) is 0 Å². The third-order valence-corrected chi connectivity index (χ3v) is 5.01. The van der Waals surface area contributed by atoms with E-state index in [-0.39, 0.29) is 17.9 Å². The van der Waals surface area contributed by atoms with E-state index in [0.717, 1.165) is 0 Å². The molecule has 3 rings (SSSR count). The molecule has 0 saturated carbocycles. The Labute approximate surface area is 161 Å². The second kappa shape index (κ2) is 8.12. The van der Waals surface area contributed by atoms with Gasteiger partial charge in [-0.25, -0.2) is 0 Å². The highest BCUT2D eigenvalue weighted by molar-refractivity contribution is 6.35. The highest BCUT2D eigenvalue weighted by Crippen LogP contribution is 2.25. The van der Waals surface area contributed by atoms with Crippen molar-refractivity contribution in [2.24, 2.45) is 0 Å². The number of hydrogen-bond donors (Lipinski definition) is 1. The van der Waals surface area contributed by atoms with E-state index >= 15 is 0 Å². The zero-order valence-electron chi connectivity index (χ0n) is 14.2. The molecule has 8 heteroatoms. The van der Waals surface area contributed by atoms with Gasteiger partial charge in [0, 0.05) is 31.2 Å². The van der Waals surface area contributed by atoms with Crippen molar-refractivity contribution in [3.8, 4) is 0 Å². The summed E-state index contributed by atoms with van der Waals surface area (Å²) < 4.78 is 5.16. The molecule has 1 saturated heterocycles. The van der Waals surface area contributed by atoms with Crippen LogP contribution in [0.25, 0.3) is 0 Å². The van der Waals surface area contributed by atoms with Gasteiger partial charge >= 0.3 is 0 Å². The Hall–Kier alpha value is -2.02. The summed E-state index contributed by atoms with van der Waals surface area (Å²) in [7, 11) is 0. The number of piperazine rings is 1. The van der Waals surface area contributed by atoms with E-state index in [0.29, 0.717) is 47.7 Å². The molecule has 6 nitrogen and oxygen atoms in total. The van der Waals surface area contributed by atoms with E-state index in [4.69, 9.17) is 27.6 Å². The fourth-order valence-electron chi connectivity index (χ4n) is 2.86. The summed E-state index contributed by atoms with van der Waals surface area (Å²) in [5.74, 6) is 0.0391. The van der Waals surface area contributed by atoms with Crippen LogP contribution in [0.4, 0.5) is 5.69 Å². The van der Waals surface area contributed by atoms with Crippen LogP contribution in [0.1, 0.15) is 17.5 Å². The fraction of sp³-hybridized carbons (Fsp3) is 0.333. The zero-order valence-corrected chi connectivity index (χ0v) is 15.8. The summed E-state index contributed by atoms with van der Waals surface area (Å²) in [6.45, 7) is 4.11. The number of nitrogens with one attached hydrogen (secondary N) is 1. The minimum absolute atomic E-state index is 0.127. The molecule has 2 heterocycles. The van der Waals surface area contributed by atoms with Gasteiger partial charge in [0.1, 0.15) is 0 Å². The summed E-state index contributed by atoms with van der Waals surface area (Å²) in [5.41, 5.74) is 0.489. The number of benzene rings is 1. The van der Waals surface area contributed by atoms with Gasteiger partial charge in [-0.2, -0.15) is 0 Å². The molecular formula is C18H19Cl2N3O3. The maximum Gasteiger partial charge on any atom is 0.289 e. The van der Waals surface area contributed by atoms with Gasteiger partial charge in [0.25, 0.3) is 5.91 Å². The van der Waals surface area contributed by atoms with Crippen molar-refractivity contribution in [2.75, 3.05) is 31.5 Å². The fourth-order valence-corrected chi connectivity index (χ4v) is 3.20. The van der Waals surface area contributed by atoms with Crippen molar-refractivity contribution < 1.29 is 14.0 Å². The normalized spacial score (nSPS) is 16.3. The van der Waals surface area contributed by atoms with Crippen LogP contribution in [-0.2, 0) is 4.79 Å². The van der Waals surface area contributed by atoms with Gasteiger partial charge < -0.3 is 14.6 Å². The topological polar surface area (TPSA) is 65.8 Å². The number of amides is 2. The van der Waals surface area contributed by atoms with Crippen LogP contribution in [-0.4, -0.2) is 53.8 Å². The Bertz CT molecular complexity index is 787. The van der Waals surface area contributed by atoms with E-state index in [1.807, 2.05) is 11.8 Å². The lowest BCUT2D eigenvalue weighted by molar-refractivity contribution is -0.121. The smallest absolute Gasteiger partial charge is 0.289 e. The van der Waals surface area contributed by atoms with Crippen LogP contribution in [0.15, 0.2) is 41.0 Å². The third-order valence-electron chi connectivity index (χ3n) is 4.45. The molecule has 1 aromatic carbocycles. The minimum Gasteiger partial charge on any atom is -0.459 e. The first-order valence-corrected chi connectivity index (χ1v) is 9.04. The lowest BCUT2D eigenvalue weighted by Crippen LogP contribution is -2.54. The Kier molecular flexibility index (Phi) is 5.86. The first kappa shape index (κ1) is 18.8. The quantitative estimate of drug-likeness (QED) is 0.861. The van der Waals surface area contributed by atoms with E-state index in [2.05, 4.69) is 5.32 Å². The van der Waals surface area contributed by atoms with Crippen LogP contribution in [0, 0.1) is 0 Å². The lowest BCUT2D eigenvalue weighted by atomic mass is 10.2. The average Bonchev–Trinajstić information content (AvgIpc) is 3.18. The molecule has 1 aliphatic rings. The van der Waals surface area contributed by atoms with Gasteiger partial charge in [0.15, 0.2) is 5.76 Å². The van der Waals surface area contributed by atoms with Crippen molar-refractivity contribution in [3.63, 3.8) is 0 Å². The molecule has 138 valence electrons. The molecule has 2 amide bonds. The SMILES string of the molecule is C[C@H](C(=O)Nc1cc(Cl)ccc1Cl)N1CCN(C(=O)c2ccco2)CC1. The van der Waals surface area contributed by atoms with Crippen molar-refractivity contribution in [3.05, 3.63) is 52.4 Å². The molecule has 26 heavy (non-hydrogen) atoms. The summed E-state index contributed by atoms with van der Waals surface area (Å²) in [4.78, 5) is 28.6. The minimum atomic E-state index is -0.356. The first-order chi connectivity index (χ1) is 12.5. The second-order valence-electron chi connectivity index (χ2n) is 6.09. The van der Waals surface area contributed by atoms with Crippen molar-refractivity contribution in [1.82, 2.24) is 9.80 Å². The Morgan fingerprint density at radius 3 is 2.54 bits per heavy atom. The Morgan fingerprint density at radius 2 is 1.88 bits per heavy atom. The van der Waals surface area contributed by atoms with Gasteiger partial charge in [-0.15, -0.1) is 0 Å². The number of halogens is 2. The van der Waals surface area contributed by atoms with E-state index in [1.54, 1.807) is 35.2 Å². The summed E-state index contributed by atoms with van der Waals surface area (Å²) in [6.07, 6.45) is 1.48. The summed E-state index contributed by atoms with van der Waals surface area (Å²) in [5, 5.41) is 3.75. The van der Waals surface area contributed by atoms with Crippen molar-refractivity contribution in [2.45, 2.75) is 13.0 Å². The van der Waals surface area contributed by atoms with Crippen LogP contribution < -0.4 is 5.32 Å². The summed E-state index contributed by atoms with van der Waals surface area (Å²) in [6, 6.07) is 7.91. The van der Waals surface area contributed by atoms with E-state index in [1.165, 1.54) is 6.26 Å². The van der Waals surface area contributed by atoms with Gasteiger partial charge in [0.05, 0.1) is 23.0 Å². The van der Waals surface area contributed by atoms with Crippen molar-refractivity contribution >= 4 is 40.7 Å². The van der Waals surface area contributed by atoms with Gasteiger partial charge in [-0.1, -0.05) is 23.2 Å². The number of anilines is 1. The maximum atomic E-state index is 12.5. The molecule has 0 radical (unpaired) electrons. The lowest BCUT2D eigenvalue weighted by Gasteiger charge is -2.37. The largest absolute Gasteiger partial charge is 0.459 e. The Balaban J connectivity index is 1.56. The maximum absolute atomic E-state index is 12.5.